The van der Waals surface area contributed by atoms with Crippen molar-refractivity contribution >= 4 is 23.3 Å². The van der Waals surface area contributed by atoms with Gasteiger partial charge in [0.15, 0.2) is 17.3 Å². The summed E-state index contributed by atoms with van der Waals surface area (Å²) in [6.45, 7) is 16.9. The minimum atomic E-state index is -0.389. The molecule has 1 aliphatic heterocycles. The van der Waals surface area contributed by atoms with Gasteiger partial charge in [0.05, 0.1) is 24.5 Å². The second kappa shape index (κ2) is 15.4. The van der Waals surface area contributed by atoms with Crippen LogP contribution in [0.3, 0.4) is 0 Å². The van der Waals surface area contributed by atoms with Crippen molar-refractivity contribution in [3.63, 3.8) is 0 Å². The maximum atomic E-state index is 13.5. The van der Waals surface area contributed by atoms with Crippen molar-refractivity contribution in [3.8, 4) is 5.75 Å². The maximum Gasteiger partial charge on any atom is 0.320 e. The van der Waals surface area contributed by atoms with Crippen LogP contribution in [0.25, 0.3) is 5.65 Å². The molecule has 0 unspecified atom stereocenters. The number of rotatable bonds is 10. The molecule has 1 aliphatic carbocycles. The lowest BCUT2D eigenvalue weighted by molar-refractivity contribution is 0.0966. The topological polar surface area (TPSA) is 136 Å². The smallest absolute Gasteiger partial charge is 0.320 e. The Labute approximate surface area is 300 Å². The summed E-state index contributed by atoms with van der Waals surface area (Å²) < 4.78 is 14.1. The monoisotopic (exact) mass is 696 g/mol. The summed E-state index contributed by atoms with van der Waals surface area (Å²) in [5.74, 6) is 1.93. The maximum absolute atomic E-state index is 13.5. The van der Waals surface area contributed by atoms with Gasteiger partial charge in [0.2, 0.25) is 0 Å². The molecule has 0 saturated carbocycles. The third-order valence-corrected chi connectivity index (χ3v) is 9.49. The molecule has 1 aromatic carbocycles. The van der Waals surface area contributed by atoms with E-state index in [0.29, 0.717) is 30.8 Å². The van der Waals surface area contributed by atoms with E-state index in [0.717, 1.165) is 80.5 Å². The van der Waals surface area contributed by atoms with Gasteiger partial charge in [-0.05, 0) is 61.9 Å². The van der Waals surface area contributed by atoms with Crippen LogP contribution in [0, 0.1) is 0 Å². The highest BCUT2D eigenvalue weighted by Gasteiger charge is 2.30. The number of anilines is 1. The lowest BCUT2D eigenvalue weighted by atomic mass is 9.85. The predicted molar refractivity (Wildman–Crippen MR) is 196 cm³/mol. The Bertz CT molecular complexity index is 1830. The van der Waals surface area contributed by atoms with Crippen LogP contribution in [-0.4, -0.2) is 74.1 Å². The number of hydrogen-bond acceptors (Lipinski definition) is 9. The molecule has 2 atom stereocenters. The van der Waals surface area contributed by atoms with Gasteiger partial charge in [-0.2, -0.15) is 0 Å². The third-order valence-electron chi connectivity index (χ3n) is 9.49. The number of nitrogens with one attached hydrogen (secondary N) is 2. The van der Waals surface area contributed by atoms with E-state index in [2.05, 4.69) is 62.5 Å². The number of urea groups is 1. The number of fused-ring (bicyclic) bond motifs is 2. The highest BCUT2D eigenvalue weighted by molar-refractivity contribution is 5.94. The molecule has 2 amide bonds. The number of pyridine rings is 1. The molecule has 4 aromatic rings. The molecule has 2 aliphatic rings. The van der Waals surface area contributed by atoms with Crippen LogP contribution in [0.4, 0.5) is 10.6 Å². The van der Waals surface area contributed by atoms with Crippen molar-refractivity contribution in [2.45, 2.75) is 103 Å². The molecule has 12 nitrogen and oxygen atoms in total. The Morgan fingerprint density at radius 1 is 0.922 bits per heavy atom. The third kappa shape index (κ3) is 9.09. The van der Waals surface area contributed by atoms with Crippen molar-refractivity contribution in [1.29, 1.82) is 0 Å². The fourth-order valence-electron chi connectivity index (χ4n) is 6.72. The van der Waals surface area contributed by atoms with Gasteiger partial charge in [0, 0.05) is 43.0 Å². The average Bonchev–Trinajstić information content (AvgIpc) is 3.35. The molecule has 3 aromatic heterocycles. The number of hydrogen-bond donors (Lipinski definition) is 2. The number of Topliss-reactive ketones (excluding diaryl/α,β-unsaturated/α-hetero) is 1. The molecule has 1 saturated heterocycles. The summed E-state index contributed by atoms with van der Waals surface area (Å²) in [4.78, 5) is 38.3. The van der Waals surface area contributed by atoms with Crippen LogP contribution in [0.2, 0.25) is 0 Å². The number of unbranched alkanes of at least 4 members (excludes halogenated alkanes) is 1. The van der Waals surface area contributed by atoms with Gasteiger partial charge in [0.1, 0.15) is 23.5 Å². The Morgan fingerprint density at radius 2 is 1.73 bits per heavy atom. The van der Waals surface area contributed by atoms with Gasteiger partial charge < -0.3 is 19.7 Å². The van der Waals surface area contributed by atoms with Gasteiger partial charge in [-0.1, -0.05) is 65.8 Å². The van der Waals surface area contributed by atoms with E-state index in [1.807, 2.05) is 61.7 Å². The summed E-state index contributed by atoms with van der Waals surface area (Å²) in [6, 6.07) is 13.1. The van der Waals surface area contributed by atoms with Crippen LogP contribution in [0.1, 0.15) is 125 Å². The molecule has 0 radical (unpaired) electrons. The minimum absolute atomic E-state index is 0.117. The molecule has 1 fully saturated rings. The van der Waals surface area contributed by atoms with E-state index in [1.165, 1.54) is 0 Å². The number of ether oxygens (including phenoxy) is 2. The molecule has 51 heavy (non-hydrogen) atoms. The highest BCUT2D eigenvalue weighted by Crippen LogP contribution is 2.39. The first-order valence-electron chi connectivity index (χ1n) is 18.3. The van der Waals surface area contributed by atoms with Crippen LogP contribution in [0.5, 0.6) is 5.75 Å². The summed E-state index contributed by atoms with van der Waals surface area (Å²) in [7, 11) is 0. The van der Waals surface area contributed by atoms with E-state index in [4.69, 9.17) is 9.47 Å². The Balaban J connectivity index is 1.11. The van der Waals surface area contributed by atoms with Gasteiger partial charge >= 0.3 is 6.03 Å². The first-order chi connectivity index (χ1) is 24.3. The molecule has 2 N–H and O–H groups in total. The SMILES string of the molecule is CC(C)(C)c1cc(NC(=O)N[C@H]2CC[C@@H](Oc3ccc4nnc(C(C)(C)C)n4c3)c3ccccc32)nc(C(=O)CCCCN2CCCOCC2)n1. The van der Waals surface area contributed by atoms with Gasteiger partial charge in [0.25, 0.3) is 0 Å². The number of ketones is 1. The Morgan fingerprint density at radius 3 is 2.51 bits per heavy atom. The minimum Gasteiger partial charge on any atom is -0.484 e. The van der Waals surface area contributed by atoms with E-state index in [1.54, 1.807) is 6.07 Å². The fourth-order valence-corrected chi connectivity index (χ4v) is 6.72. The fraction of sp³-hybridized carbons (Fsp3) is 0.538. The normalized spacial score (nSPS) is 18.5. The number of carbonyl (C=O) groups is 2. The quantitative estimate of drug-likeness (QED) is 0.133. The second-order valence-corrected chi connectivity index (χ2v) is 15.7. The highest BCUT2D eigenvalue weighted by atomic mass is 16.5. The molecule has 0 bridgehead atoms. The lowest BCUT2D eigenvalue weighted by Crippen LogP contribution is -2.36. The first-order valence-corrected chi connectivity index (χ1v) is 18.3. The second-order valence-electron chi connectivity index (χ2n) is 15.7. The van der Waals surface area contributed by atoms with Crippen LogP contribution in [-0.2, 0) is 15.6 Å². The van der Waals surface area contributed by atoms with Crippen molar-refractivity contribution < 1.29 is 19.1 Å². The summed E-state index contributed by atoms with van der Waals surface area (Å²) in [5, 5.41) is 14.8. The zero-order valence-electron chi connectivity index (χ0n) is 30.9. The van der Waals surface area contributed by atoms with Crippen LogP contribution < -0.4 is 15.4 Å². The van der Waals surface area contributed by atoms with Crippen LogP contribution in [0.15, 0.2) is 48.7 Å². The molecule has 272 valence electrons. The number of aromatic nitrogens is 5. The number of amides is 2. The number of nitrogens with zero attached hydrogens (tertiary/aromatic N) is 6. The standard InChI is InChI=1S/C39H52N8O4/c1-38(2,3)32-24-33(42-35(41-32)30(48)14-9-10-19-46-20-11-22-50-23-21-46)43-37(49)40-29-16-17-31(28-13-8-7-12-27(28)29)51-26-15-18-34-44-45-36(39(4,5)6)47(34)25-26/h7-8,12-13,15,18,24-25,29,31H,9-11,14,16-17,19-23H2,1-6H3,(H2,40,41,42,43,49)/t29-,31+/m0/s1. The van der Waals surface area contributed by atoms with Gasteiger partial charge in [-0.25, -0.2) is 14.8 Å². The molecule has 4 heterocycles. The van der Waals surface area contributed by atoms with Gasteiger partial charge in [-0.3, -0.25) is 14.5 Å². The van der Waals surface area contributed by atoms with Crippen molar-refractivity contribution in [2.75, 3.05) is 38.2 Å². The zero-order chi connectivity index (χ0) is 36.2. The molecule has 0 spiro atoms. The Kier molecular flexibility index (Phi) is 11.0. The molecular weight excluding hydrogens is 644 g/mol. The number of benzene rings is 1. The van der Waals surface area contributed by atoms with Crippen molar-refractivity contribution in [2.24, 2.45) is 0 Å². The predicted octanol–water partition coefficient (Wildman–Crippen LogP) is 6.97. The lowest BCUT2D eigenvalue weighted by Gasteiger charge is -2.32. The summed E-state index contributed by atoms with van der Waals surface area (Å²) in [5.41, 5.74) is 2.99. The molecule has 6 rings (SSSR count). The van der Waals surface area contributed by atoms with Crippen molar-refractivity contribution in [1.82, 2.24) is 34.8 Å². The molecular formula is C39H52N8O4. The Hall–Kier alpha value is -4.42. The average molecular weight is 697 g/mol. The largest absolute Gasteiger partial charge is 0.484 e. The van der Waals surface area contributed by atoms with E-state index in [-0.39, 0.29) is 40.6 Å². The summed E-state index contributed by atoms with van der Waals surface area (Å²) >= 11 is 0. The van der Waals surface area contributed by atoms with E-state index in [9.17, 15) is 9.59 Å². The van der Waals surface area contributed by atoms with E-state index >= 15 is 0 Å². The van der Waals surface area contributed by atoms with Crippen LogP contribution >= 0.6 is 0 Å². The first kappa shape index (κ1) is 36.4. The van der Waals surface area contributed by atoms with Gasteiger partial charge in [-0.15, -0.1) is 10.2 Å². The molecule has 12 heteroatoms. The summed E-state index contributed by atoms with van der Waals surface area (Å²) in [6.07, 6.45) is 6.23. The number of carbonyl (C=O) groups excluding carboxylic acids is 2. The zero-order valence-corrected chi connectivity index (χ0v) is 30.9. The van der Waals surface area contributed by atoms with Crippen molar-refractivity contribution in [3.05, 3.63) is 77.1 Å². The van der Waals surface area contributed by atoms with E-state index < -0.39 is 0 Å².